The Morgan fingerprint density at radius 2 is 1.94 bits per heavy atom. The summed E-state index contributed by atoms with van der Waals surface area (Å²) in [6.07, 6.45) is 3.10. The molecule has 1 aliphatic heterocycles. The molecular weight excluding hydrogens is 298 g/mol. The van der Waals surface area contributed by atoms with Crippen molar-refractivity contribution in [3.05, 3.63) is 0 Å². The molecule has 0 aliphatic carbocycles. The number of hydrogen-bond donors (Lipinski definition) is 1. The van der Waals surface area contributed by atoms with Crippen LogP contribution in [0.3, 0.4) is 0 Å². The van der Waals surface area contributed by atoms with Crippen LogP contribution in [0.15, 0.2) is 0 Å². The Morgan fingerprint density at radius 1 is 1.39 bits per heavy atom. The Hall–Kier alpha value is -0.420. The Labute approximate surface area is 118 Å². The summed E-state index contributed by atoms with van der Waals surface area (Å²) in [5.41, 5.74) is -0.318. The summed E-state index contributed by atoms with van der Waals surface area (Å²) in [6, 6.07) is 0. The summed E-state index contributed by atoms with van der Waals surface area (Å²) in [5, 5.41) is 3.81. The number of alkyl halides is 1. The highest BCUT2D eigenvalue weighted by molar-refractivity contribution is 9.09. The van der Waals surface area contributed by atoms with E-state index in [-0.39, 0.29) is 5.60 Å². The second kappa shape index (κ2) is 9.50. The van der Waals surface area contributed by atoms with Crippen molar-refractivity contribution in [2.45, 2.75) is 45.6 Å². The van der Waals surface area contributed by atoms with Crippen molar-refractivity contribution < 1.29 is 14.3 Å². The van der Waals surface area contributed by atoms with E-state index in [1.807, 2.05) is 20.8 Å². The highest BCUT2D eigenvalue weighted by Crippen LogP contribution is 2.16. The van der Waals surface area contributed by atoms with Gasteiger partial charge in [-0.25, -0.2) is 0 Å². The second-order valence-corrected chi connectivity index (χ2v) is 5.96. The van der Waals surface area contributed by atoms with Gasteiger partial charge in [0.2, 0.25) is 0 Å². The SMILES string of the molecule is CC(C)(C)OC=O.O=C(CBr)CC1CCNCC1. The highest BCUT2D eigenvalue weighted by Gasteiger charge is 2.15. The number of ether oxygens (including phenoxy) is 1. The van der Waals surface area contributed by atoms with E-state index in [0.29, 0.717) is 23.5 Å². The first-order chi connectivity index (χ1) is 8.39. The van der Waals surface area contributed by atoms with Gasteiger partial charge in [-0.15, -0.1) is 0 Å². The van der Waals surface area contributed by atoms with E-state index >= 15 is 0 Å². The molecule has 0 radical (unpaired) electrons. The maximum atomic E-state index is 11.0. The quantitative estimate of drug-likeness (QED) is 0.637. The number of halogens is 1. The van der Waals surface area contributed by atoms with Crippen molar-refractivity contribution in [1.29, 1.82) is 0 Å². The van der Waals surface area contributed by atoms with E-state index in [0.717, 1.165) is 19.5 Å². The largest absolute Gasteiger partial charge is 0.462 e. The third kappa shape index (κ3) is 10.7. The molecule has 0 aromatic rings. The van der Waals surface area contributed by atoms with E-state index in [1.54, 1.807) is 0 Å². The van der Waals surface area contributed by atoms with Gasteiger partial charge in [-0.2, -0.15) is 0 Å². The minimum absolute atomic E-state index is 0.318. The van der Waals surface area contributed by atoms with E-state index in [4.69, 9.17) is 0 Å². The molecule has 0 amide bonds. The van der Waals surface area contributed by atoms with Gasteiger partial charge in [0.15, 0.2) is 0 Å². The molecule has 0 aromatic heterocycles. The van der Waals surface area contributed by atoms with Crippen molar-refractivity contribution in [1.82, 2.24) is 5.32 Å². The van der Waals surface area contributed by atoms with Gasteiger partial charge in [0.25, 0.3) is 6.47 Å². The Morgan fingerprint density at radius 3 is 2.28 bits per heavy atom. The van der Waals surface area contributed by atoms with Crippen LogP contribution in [-0.4, -0.2) is 36.3 Å². The van der Waals surface area contributed by atoms with Crippen LogP contribution in [0.25, 0.3) is 0 Å². The summed E-state index contributed by atoms with van der Waals surface area (Å²) < 4.78 is 4.55. The molecule has 106 valence electrons. The number of hydrogen-bond acceptors (Lipinski definition) is 4. The number of rotatable bonds is 4. The molecule has 1 saturated heterocycles. The van der Waals surface area contributed by atoms with Gasteiger partial charge in [-0.05, 0) is 52.6 Å². The molecule has 0 aromatic carbocycles. The van der Waals surface area contributed by atoms with Crippen LogP contribution in [0.2, 0.25) is 0 Å². The average molecular weight is 322 g/mol. The first-order valence-corrected chi connectivity index (χ1v) is 7.41. The summed E-state index contributed by atoms with van der Waals surface area (Å²) in [4.78, 5) is 20.6. The molecule has 0 bridgehead atoms. The Bertz CT molecular complexity index is 245. The van der Waals surface area contributed by atoms with Crippen LogP contribution in [0.1, 0.15) is 40.0 Å². The predicted octanol–water partition coefficient (Wildman–Crippen LogP) is 2.30. The Kier molecular flexibility index (Phi) is 9.28. The number of Topliss-reactive ketones (excluding diaryl/α,β-unsaturated/α-hetero) is 1. The summed E-state index contributed by atoms with van der Waals surface area (Å²) in [5.74, 6) is 0.984. The third-order valence-corrected chi connectivity index (χ3v) is 3.15. The van der Waals surface area contributed by atoms with Gasteiger partial charge in [-0.3, -0.25) is 9.59 Å². The summed E-state index contributed by atoms with van der Waals surface area (Å²) >= 11 is 3.18. The molecule has 4 nitrogen and oxygen atoms in total. The smallest absolute Gasteiger partial charge is 0.293 e. The number of ketones is 1. The summed E-state index contributed by atoms with van der Waals surface area (Å²) in [6.45, 7) is 8.09. The van der Waals surface area contributed by atoms with Crippen LogP contribution in [-0.2, 0) is 14.3 Å². The normalized spacial score (nSPS) is 16.4. The fourth-order valence-electron chi connectivity index (χ4n) is 1.61. The Balaban J connectivity index is 0.000000360. The van der Waals surface area contributed by atoms with Crippen LogP contribution in [0, 0.1) is 5.92 Å². The van der Waals surface area contributed by atoms with Crippen LogP contribution >= 0.6 is 15.9 Å². The number of nitrogens with one attached hydrogen (secondary N) is 1. The molecule has 5 heteroatoms. The minimum Gasteiger partial charge on any atom is -0.462 e. The monoisotopic (exact) mass is 321 g/mol. The first kappa shape index (κ1) is 17.6. The zero-order valence-corrected chi connectivity index (χ0v) is 13.1. The van der Waals surface area contributed by atoms with E-state index in [2.05, 4.69) is 26.0 Å². The summed E-state index contributed by atoms with van der Waals surface area (Å²) in [7, 11) is 0. The van der Waals surface area contributed by atoms with Gasteiger partial charge in [0.05, 0.1) is 5.33 Å². The zero-order valence-electron chi connectivity index (χ0n) is 11.5. The number of piperidine rings is 1. The van der Waals surface area contributed by atoms with Gasteiger partial charge in [0, 0.05) is 6.42 Å². The molecule has 0 atom stereocenters. The maximum Gasteiger partial charge on any atom is 0.293 e. The number of carbonyl (C=O) groups excluding carboxylic acids is 2. The van der Waals surface area contributed by atoms with E-state index < -0.39 is 0 Å². The predicted molar refractivity (Wildman–Crippen MR) is 75.9 cm³/mol. The lowest BCUT2D eigenvalue weighted by Gasteiger charge is -2.21. The van der Waals surface area contributed by atoms with Crippen molar-refractivity contribution in [2.75, 3.05) is 18.4 Å². The fourth-order valence-corrected chi connectivity index (χ4v) is 1.84. The molecule has 0 saturated carbocycles. The molecule has 1 fully saturated rings. The molecule has 0 unspecified atom stereocenters. The highest BCUT2D eigenvalue weighted by atomic mass is 79.9. The van der Waals surface area contributed by atoms with Crippen LogP contribution < -0.4 is 5.32 Å². The van der Waals surface area contributed by atoms with Crippen molar-refractivity contribution in [3.63, 3.8) is 0 Å². The lowest BCUT2D eigenvalue weighted by atomic mass is 9.93. The molecule has 1 rings (SSSR count). The molecule has 1 N–H and O–H groups in total. The molecule has 18 heavy (non-hydrogen) atoms. The molecule has 1 heterocycles. The van der Waals surface area contributed by atoms with Crippen LogP contribution in [0.5, 0.6) is 0 Å². The molecular formula is C13H24BrNO3. The van der Waals surface area contributed by atoms with Crippen molar-refractivity contribution >= 4 is 28.2 Å². The third-order valence-electron chi connectivity index (χ3n) is 2.53. The lowest BCUT2D eigenvalue weighted by Crippen LogP contribution is -2.29. The average Bonchev–Trinajstić information content (AvgIpc) is 2.29. The zero-order chi connectivity index (χ0) is 14.0. The van der Waals surface area contributed by atoms with Crippen LogP contribution in [0.4, 0.5) is 0 Å². The van der Waals surface area contributed by atoms with E-state index in [9.17, 15) is 9.59 Å². The minimum atomic E-state index is -0.318. The molecule has 1 aliphatic rings. The maximum absolute atomic E-state index is 11.0. The lowest BCUT2D eigenvalue weighted by molar-refractivity contribution is -0.138. The van der Waals surface area contributed by atoms with Gasteiger partial charge in [-0.1, -0.05) is 15.9 Å². The van der Waals surface area contributed by atoms with Crippen molar-refractivity contribution in [2.24, 2.45) is 5.92 Å². The van der Waals surface area contributed by atoms with Gasteiger partial charge < -0.3 is 10.1 Å². The van der Waals surface area contributed by atoms with Gasteiger partial charge in [0.1, 0.15) is 11.4 Å². The number of carbonyl (C=O) groups is 2. The first-order valence-electron chi connectivity index (χ1n) is 6.29. The van der Waals surface area contributed by atoms with E-state index in [1.165, 1.54) is 12.8 Å². The van der Waals surface area contributed by atoms with Gasteiger partial charge >= 0.3 is 0 Å². The molecule has 0 spiro atoms. The fraction of sp³-hybridized carbons (Fsp3) is 0.846. The second-order valence-electron chi connectivity index (χ2n) is 5.40. The topological polar surface area (TPSA) is 55.4 Å². The van der Waals surface area contributed by atoms with Crippen molar-refractivity contribution in [3.8, 4) is 0 Å². The standard InChI is InChI=1S/C8H14BrNO.C5H10O2/c9-6-8(11)5-7-1-3-10-4-2-7;1-5(2,3)7-4-6/h7,10H,1-6H2;4H,1-3H3.